The third kappa shape index (κ3) is 4.36. The smallest absolute Gasteiger partial charge is 0.286 e. The molecule has 3 aromatic rings. The van der Waals surface area contributed by atoms with Crippen LogP contribution in [0.5, 0.6) is 0 Å². The number of hydrogen-bond donors (Lipinski definition) is 0. The highest BCUT2D eigenvalue weighted by Crippen LogP contribution is 2.37. The Bertz CT molecular complexity index is 1580. The molecule has 2 amide bonds. The van der Waals surface area contributed by atoms with Crippen molar-refractivity contribution in [2.24, 2.45) is 0 Å². The normalized spacial score (nSPS) is 21.5. The van der Waals surface area contributed by atoms with Gasteiger partial charge in [0.15, 0.2) is 5.82 Å². The second-order valence-electron chi connectivity index (χ2n) is 10.9. The van der Waals surface area contributed by atoms with Gasteiger partial charge in [-0.15, -0.1) is 0 Å². The van der Waals surface area contributed by atoms with E-state index in [0.29, 0.717) is 39.8 Å². The molecule has 1 saturated carbocycles. The number of fused-ring (bicyclic) bond motifs is 3. The molecule has 0 bridgehead atoms. The highest BCUT2D eigenvalue weighted by Gasteiger charge is 2.41. The largest absolute Gasteiger partial charge is 0.331 e. The van der Waals surface area contributed by atoms with Crippen LogP contribution in [-0.4, -0.2) is 48.5 Å². The van der Waals surface area contributed by atoms with Crippen molar-refractivity contribution < 1.29 is 14.0 Å². The summed E-state index contributed by atoms with van der Waals surface area (Å²) in [5, 5.41) is 5.46. The molecule has 4 heterocycles. The van der Waals surface area contributed by atoms with Gasteiger partial charge in [-0.2, -0.15) is 5.10 Å². The van der Waals surface area contributed by atoms with Gasteiger partial charge in [0.2, 0.25) is 0 Å². The second kappa shape index (κ2) is 9.48. The molecule has 1 aliphatic carbocycles. The van der Waals surface area contributed by atoms with Crippen LogP contribution in [0.25, 0.3) is 0 Å². The van der Waals surface area contributed by atoms with Gasteiger partial charge in [0.1, 0.15) is 5.69 Å². The number of rotatable bonds is 4. The van der Waals surface area contributed by atoms with Crippen molar-refractivity contribution in [2.75, 3.05) is 6.54 Å². The zero-order valence-corrected chi connectivity index (χ0v) is 23.3. The fourth-order valence-corrected chi connectivity index (χ4v) is 6.01. The van der Waals surface area contributed by atoms with Gasteiger partial charge >= 0.3 is 0 Å². The topological polar surface area (TPSA) is 80.4 Å². The van der Waals surface area contributed by atoms with Crippen LogP contribution in [0.4, 0.5) is 4.39 Å². The number of hydrogen-bond acceptors (Lipinski definition) is 4. The van der Waals surface area contributed by atoms with Crippen molar-refractivity contribution in [3.8, 4) is 0 Å². The summed E-state index contributed by atoms with van der Waals surface area (Å²) >= 11 is 12.2. The van der Waals surface area contributed by atoms with Gasteiger partial charge in [-0.3, -0.25) is 19.1 Å². The average molecular weight is 572 g/mol. The molecule has 2 aromatic heterocycles. The number of pyridine rings is 1. The summed E-state index contributed by atoms with van der Waals surface area (Å²) in [6.07, 6.45) is 3.89. The van der Waals surface area contributed by atoms with Gasteiger partial charge in [-0.25, -0.2) is 4.39 Å². The lowest BCUT2D eigenvalue weighted by Gasteiger charge is -2.37. The minimum atomic E-state index is -0.809. The van der Waals surface area contributed by atoms with Gasteiger partial charge in [0.25, 0.3) is 17.4 Å². The minimum absolute atomic E-state index is 0.0182. The van der Waals surface area contributed by atoms with E-state index in [2.05, 4.69) is 0 Å². The second-order valence-corrected chi connectivity index (χ2v) is 11.7. The van der Waals surface area contributed by atoms with Crippen molar-refractivity contribution in [1.29, 1.82) is 0 Å². The molecule has 11 heteroatoms. The molecular weight excluding hydrogens is 544 g/mol. The highest BCUT2D eigenvalue weighted by molar-refractivity contribution is 6.42. The molecule has 0 unspecified atom stereocenters. The number of carbonyl (C=O) groups excluding carboxylic acids is 2. The molecule has 204 valence electrons. The Kier molecular flexibility index (Phi) is 6.34. The minimum Gasteiger partial charge on any atom is -0.331 e. The predicted octanol–water partition coefficient (Wildman–Crippen LogP) is 5.19. The molecule has 0 N–H and O–H groups in total. The molecule has 0 spiro atoms. The number of aromatic nitrogens is 3. The van der Waals surface area contributed by atoms with Gasteiger partial charge in [-0.1, -0.05) is 23.2 Å². The quantitative estimate of drug-likeness (QED) is 0.431. The first-order valence-corrected chi connectivity index (χ1v) is 13.9. The standard InChI is InChI=1S/C28H28Cl2FN5O3/c1-14-8-24-20(13-33(14)26(37)17-4-7-21(29)22(30)9-17)25-28(39)34(11-15(2)36(25)32-24)16(3)18-10-23(31)27(38)35(12-18)19-5-6-19/h4,7,9-10,12,14-16,19H,5-6,8,11,13H2,1-3H3/t14-,15-,16+/m1/s1. The lowest BCUT2D eigenvalue weighted by molar-refractivity contribution is 0.0573. The van der Waals surface area contributed by atoms with Gasteiger partial charge in [-0.05, 0) is 63.4 Å². The van der Waals surface area contributed by atoms with Crippen LogP contribution in [0.1, 0.15) is 89.4 Å². The number of carbonyl (C=O) groups is 2. The van der Waals surface area contributed by atoms with E-state index in [1.165, 1.54) is 10.6 Å². The Labute approximate surface area is 234 Å². The van der Waals surface area contributed by atoms with Crippen molar-refractivity contribution >= 4 is 35.0 Å². The third-order valence-electron chi connectivity index (χ3n) is 8.12. The zero-order chi connectivity index (χ0) is 27.7. The van der Waals surface area contributed by atoms with Gasteiger partial charge < -0.3 is 14.4 Å². The molecule has 0 saturated heterocycles. The molecule has 1 aromatic carbocycles. The Balaban J connectivity index is 1.33. The summed E-state index contributed by atoms with van der Waals surface area (Å²) in [4.78, 5) is 43.2. The van der Waals surface area contributed by atoms with E-state index in [4.69, 9.17) is 28.3 Å². The van der Waals surface area contributed by atoms with E-state index >= 15 is 0 Å². The first-order valence-electron chi connectivity index (χ1n) is 13.1. The van der Waals surface area contributed by atoms with E-state index in [1.807, 2.05) is 20.8 Å². The SMILES string of the molecule is C[C@@H]1Cc2nn3c(c2CN1C(=O)c1ccc(Cl)c(Cl)c1)C(=O)N([C@@H](C)c1cc(F)c(=O)n(C2CC2)c1)C[C@H]3C. The highest BCUT2D eigenvalue weighted by atomic mass is 35.5. The van der Waals surface area contributed by atoms with Crippen molar-refractivity contribution in [3.05, 3.63) is 84.8 Å². The summed E-state index contributed by atoms with van der Waals surface area (Å²) < 4.78 is 17.8. The van der Waals surface area contributed by atoms with Crippen LogP contribution in [0.15, 0.2) is 35.3 Å². The Morgan fingerprint density at radius 2 is 1.85 bits per heavy atom. The number of nitrogens with zero attached hydrogens (tertiary/aromatic N) is 5. The van der Waals surface area contributed by atoms with Crippen molar-refractivity contribution in [3.63, 3.8) is 0 Å². The Hall–Kier alpha value is -3.17. The maximum atomic E-state index is 14.6. The fourth-order valence-electron chi connectivity index (χ4n) is 5.71. The van der Waals surface area contributed by atoms with E-state index in [1.54, 1.807) is 38.9 Å². The number of amides is 2. The number of benzene rings is 1. The van der Waals surface area contributed by atoms with Crippen LogP contribution < -0.4 is 5.56 Å². The van der Waals surface area contributed by atoms with Crippen LogP contribution in [0, 0.1) is 5.82 Å². The summed E-state index contributed by atoms with van der Waals surface area (Å²) in [5.41, 5.74) is 2.35. The molecule has 39 heavy (non-hydrogen) atoms. The zero-order valence-electron chi connectivity index (χ0n) is 21.8. The predicted molar refractivity (Wildman–Crippen MR) is 145 cm³/mol. The van der Waals surface area contributed by atoms with Crippen LogP contribution in [0.2, 0.25) is 10.0 Å². The molecule has 6 rings (SSSR count). The molecule has 2 aliphatic heterocycles. The Morgan fingerprint density at radius 3 is 2.54 bits per heavy atom. The molecule has 0 radical (unpaired) electrons. The first kappa shape index (κ1) is 26.1. The van der Waals surface area contributed by atoms with Crippen molar-refractivity contribution in [1.82, 2.24) is 24.1 Å². The average Bonchev–Trinajstić information content (AvgIpc) is 3.68. The van der Waals surface area contributed by atoms with E-state index in [-0.39, 0.29) is 36.5 Å². The van der Waals surface area contributed by atoms with Gasteiger partial charge in [0.05, 0.1) is 34.4 Å². The lowest BCUT2D eigenvalue weighted by atomic mass is 9.96. The molecule has 8 nitrogen and oxygen atoms in total. The molecule has 3 aliphatic rings. The molecule has 1 fully saturated rings. The molecular formula is C28H28Cl2FN5O3. The van der Waals surface area contributed by atoms with Crippen molar-refractivity contribution in [2.45, 2.75) is 70.7 Å². The van der Waals surface area contributed by atoms with E-state index < -0.39 is 17.4 Å². The molecule has 3 atom stereocenters. The lowest BCUT2D eigenvalue weighted by Crippen LogP contribution is -2.45. The monoisotopic (exact) mass is 571 g/mol. The number of halogens is 3. The summed E-state index contributed by atoms with van der Waals surface area (Å²) in [7, 11) is 0. The maximum absolute atomic E-state index is 14.6. The maximum Gasteiger partial charge on any atom is 0.286 e. The van der Waals surface area contributed by atoms with E-state index in [0.717, 1.165) is 24.1 Å². The summed E-state index contributed by atoms with van der Waals surface area (Å²) in [6, 6.07) is 5.33. The van der Waals surface area contributed by atoms with Crippen LogP contribution in [0.3, 0.4) is 0 Å². The van der Waals surface area contributed by atoms with E-state index in [9.17, 15) is 18.8 Å². The summed E-state index contributed by atoms with van der Waals surface area (Å²) in [6.45, 7) is 6.41. The van der Waals surface area contributed by atoms with Gasteiger partial charge in [0, 0.05) is 42.4 Å². The first-order chi connectivity index (χ1) is 18.5. The van der Waals surface area contributed by atoms with Crippen LogP contribution in [-0.2, 0) is 13.0 Å². The third-order valence-corrected chi connectivity index (χ3v) is 8.86. The summed E-state index contributed by atoms with van der Waals surface area (Å²) in [5.74, 6) is -1.24. The Morgan fingerprint density at radius 1 is 1.10 bits per heavy atom. The fraction of sp³-hybridized carbons (Fsp3) is 0.429. The van der Waals surface area contributed by atoms with Crippen LogP contribution >= 0.6 is 23.2 Å².